The summed E-state index contributed by atoms with van der Waals surface area (Å²) in [6, 6.07) is 11.6. The number of nitrogens with two attached hydrogens (primary N) is 1. The van der Waals surface area contributed by atoms with Crippen molar-refractivity contribution >= 4 is 30.1 Å². The van der Waals surface area contributed by atoms with Crippen molar-refractivity contribution < 1.29 is 19.1 Å². The fourth-order valence-electron chi connectivity index (χ4n) is 3.06. The van der Waals surface area contributed by atoms with Crippen LogP contribution in [0.25, 0.3) is 0 Å². The number of amides is 3. The Kier molecular flexibility index (Phi) is 7.36. The molecule has 0 saturated carbocycles. The number of carbonyl (C=O) groups is 3. The summed E-state index contributed by atoms with van der Waals surface area (Å²) >= 11 is 0. The number of fused-ring (bicyclic) bond motifs is 1. The Morgan fingerprint density at radius 3 is 2.31 bits per heavy atom. The van der Waals surface area contributed by atoms with Crippen LogP contribution in [0.15, 0.2) is 42.5 Å². The fourth-order valence-corrected chi connectivity index (χ4v) is 3.06. The Labute approximate surface area is 175 Å². The van der Waals surface area contributed by atoms with Gasteiger partial charge in [-0.25, -0.2) is 0 Å². The molecule has 1 atom stereocenters. The summed E-state index contributed by atoms with van der Waals surface area (Å²) in [5, 5.41) is 2.81. The first-order chi connectivity index (χ1) is 13.5. The molecule has 1 aliphatic heterocycles. The van der Waals surface area contributed by atoms with Gasteiger partial charge in [-0.15, -0.1) is 12.4 Å². The molecule has 1 heterocycles. The summed E-state index contributed by atoms with van der Waals surface area (Å²) in [5.41, 5.74) is 7.37. The zero-order valence-electron chi connectivity index (χ0n) is 16.3. The average molecular weight is 418 g/mol. The smallest absolute Gasteiger partial charge is 0.261 e. The summed E-state index contributed by atoms with van der Waals surface area (Å²) in [6.45, 7) is 4.43. The predicted octanol–water partition coefficient (Wildman–Crippen LogP) is 2.38. The maximum absolute atomic E-state index is 12.6. The van der Waals surface area contributed by atoms with Gasteiger partial charge in [0.05, 0.1) is 29.8 Å². The molecule has 0 bridgehead atoms. The molecule has 0 aliphatic carbocycles. The van der Waals surface area contributed by atoms with Crippen LogP contribution >= 0.6 is 12.4 Å². The standard InChI is InChI=1S/C21H23N3O4.ClH/c1-3-28-18-9-8-14(10-17(18)19(25)23-13(2)11-22)12-24-20(26)15-6-4-5-7-16(15)21(24)27;/h4-10,13H,3,11-12,22H2,1-2H3,(H,23,25);1H/t13-;/m0./s1. The fraction of sp³-hybridized carbons (Fsp3) is 0.286. The van der Waals surface area contributed by atoms with Gasteiger partial charge < -0.3 is 15.8 Å². The molecule has 154 valence electrons. The molecule has 3 rings (SSSR count). The topological polar surface area (TPSA) is 102 Å². The maximum Gasteiger partial charge on any atom is 0.261 e. The lowest BCUT2D eigenvalue weighted by Crippen LogP contribution is -2.38. The third-order valence-corrected chi connectivity index (χ3v) is 4.54. The molecule has 0 unspecified atom stereocenters. The van der Waals surface area contributed by atoms with Crippen molar-refractivity contribution in [2.24, 2.45) is 5.73 Å². The summed E-state index contributed by atoms with van der Waals surface area (Å²) < 4.78 is 5.55. The van der Waals surface area contributed by atoms with Crippen molar-refractivity contribution in [3.8, 4) is 5.75 Å². The molecule has 0 fully saturated rings. The van der Waals surface area contributed by atoms with Crippen molar-refractivity contribution in [1.29, 1.82) is 0 Å². The normalized spacial score (nSPS) is 13.6. The second kappa shape index (κ2) is 9.54. The van der Waals surface area contributed by atoms with Crippen LogP contribution in [0, 0.1) is 0 Å². The zero-order chi connectivity index (χ0) is 20.3. The number of rotatable bonds is 7. The summed E-state index contributed by atoms with van der Waals surface area (Å²) in [7, 11) is 0. The largest absolute Gasteiger partial charge is 0.493 e. The molecule has 2 aromatic rings. The highest BCUT2D eigenvalue weighted by atomic mass is 35.5. The zero-order valence-corrected chi connectivity index (χ0v) is 17.1. The molecule has 0 aromatic heterocycles. The number of nitrogens with one attached hydrogen (secondary N) is 1. The van der Waals surface area contributed by atoms with Crippen LogP contribution in [-0.4, -0.2) is 41.8 Å². The Balaban J connectivity index is 0.00000300. The first-order valence-corrected chi connectivity index (χ1v) is 9.18. The van der Waals surface area contributed by atoms with E-state index in [0.29, 0.717) is 41.2 Å². The van der Waals surface area contributed by atoms with E-state index in [2.05, 4.69) is 5.32 Å². The SMILES string of the molecule is CCOc1ccc(CN2C(=O)c3ccccc3C2=O)cc1C(=O)N[C@@H](C)CN.Cl. The van der Waals surface area contributed by atoms with Crippen molar-refractivity contribution in [3.63, 3.8) is 0 Å². The number of hydrogen-bond acceptors (Lipinski definition) is 5. The lowest BCUT2D eigenvalue weighted by molar-refractivity contribution is 0.0642. The van der Waals surface area contributed by atoms with Crippen molar-refractivity contribution in [2.45, 2.75) is 26.4 Å². The number of halogens is 1. The number of imide groups is 1. The van der Waals surface area contributed by atoms with Gasteiger partial charge in [-0.1, -0.05) is 18.2 Å². The van der Waals surface area contributed by atoms with Gasteiger partial charge in [0.25, 0.3) is 17.7 Å². The van der Waals surface area contributed by atoms with E-state index in [4.69, 9.17) is 10.5 Å². The molecule has 3 amide bonds. The highest BCUT2D eigenvalue weighted by Crippen LogP contribution is 2.26. The molecule has 7 nitrogen and oxygen atoms in total. The van der Waals surface area contributed by atoms with Crippen LogP contribution in [0.2, 0.25) is 0 Å². The Bertz CT molecular complexity index is 897. The van der Waals surface area contributed by atoms with E-state index in [1.54, 1.807) is 49.4 Å². The van der Waals surface area contributed by atoms with E-state index in [9.17, 15) is 14.4 Å². The quantitative estimate of drug-likeness (QED) is 0.673. The van der Waals surface area contributed by atoms with Crippen molar-refractivity contribution in [2.75, 3.05) is 13.2 Å². The average Bonchev–Trinajstić information content (AvgIpc) is 2.94. The minimum atomic E-state index is -0.336. The van der Waals surface area contributed by atoms with E-state index < -0.39 is 0 Å². The monoisotopic (exact) mass is 417 g/mol. The Hall–Kier alpha value is -2.90. The van der Waals surface area contributed by atoms with Crippen molar-refractivity contribution in [1.82, 2.24) is 10.2 Å². The van der Waals surface area contributed by atoms with Crippen LogP contribution < -0.4 is 15.8 Å². The molecular weight excluding hydrogens is 394 g/mol. The number of nitrogens with zero attached hydrogens (tertiary/aromatic N) is 1. The van der Waals surface area contributed by atoms with E-state index in [-0.39, 0.29) is 42.7 Å². The van der Waals surface area contributed by atoms with Gasteiger partial charge in [-0.2, -0.15) is 0 Å². The van der Waals surface area contributed by atoms with Crippen LogP contribution in [0.3, 0.4) is 0 Å². The van der Waals surface area contributed by atoms with Crippen molar-refractivity contribution in [3.05, 3.63) is 64.7 Å². The molecule has 8 heteroatoms. The van der Waals surface area contributed by atoms with E-state index in [0.717, 1.165) is 0 Å². The number of benzene rings is 2. The molecular formula is C21H24ClN3O4. The third kappa shape index (κ3) is 4.58. The second-order valence-electron chi connectivity index (χ2n) is 6.62. The first kappa shape index (κ1) is 22.4. The summed E-state index contributed by atoms with van der Waals surface area (Å²) in [5.74, 6) is -0.546. The Morgan fingerprint density at radius 2 is 1.76 bits per heavy atom. The van der Waals surface area contributed by atoms with Gasteiger partial charge in [-0.05, 0) is 43.7 Å². The maximum atomic E-state index is 12.6. The van der Waals surface area contributed by atoms with E-state index >= 15 is 0 Å². The minimum absolute atomic E-state index is 0. The van der Waals surface area contributed by atoms with Gasteiger partial charge >= 0.3 is 0 Å². The van der Waals surface area contributed by atoms with Crippen LogP contribution in [-0.2, 0) is 6.54 Å². The van der Waals surface area contributed by atoms with Crippen LogP contribution in [0.5, 0.6) is 5.75 Å². The second-order valence-corrected chi connectivity index (χ2v) is 6.62. The number of hydrogen-bond donors (Lipinski definition) is 2. The van der Waals surface area contributed by atoms with Gasteiger partial charge in [0.1, 0.15) is 5.75 Å². The Morgan fingerprint density at radius 1 is 1.14 bits per heavy atom. The van der Waals surface area contributed by atoms with Gasteiger partial charge in [0, 0.05) is 12.6 Å². The van der Waals surface area contributed by atoms with E-state index in [1.807, 2.05) is 6.92 Å². The summed E-state index contributed by atoms with van der Waals surface area (Å²) in [6.07, 6.45) is 0. The molecule has 0 saturated heterocycles. The van der Waals surface area contributed by atoms with Gasteiger partial charge in [0.2, 0.25) is 0 Å². The number of carbonyl (C=O) groups excluding carboxylic acids is 3. The predicted molar refractivity (Wildman–Crippen MR) is 111 cm³/mol. The lowest BCUT2D eigenvalue weighted by Gasteiger charge is -2.17. The molecule has 1 aliphatic rings. The molecule has 0 radical (unpaired) electrons. The molecule has 29 heavy (non-hydrogen) atoms. The molecule has 3 N–H and O–H groups in total. The van der Waals surface area contributed by atoms with Crippen LogP contribution in [0.4, 0.5) is 0 Å². The molecule has 2 aromatic carbocycles. The van der Waals surface area contributed by atoms with Crippen LogP contribution in [0.1, 0.15) is 50.5 Å². The first-order valence-electron chi connectivity index (χ1n) is 9.18. The minimum Gasteiger partial charge on any atom is -0.493 e. The van der Waals surface area contributed by atoms with Gasteiger partial charge in [-0.3, -0.25) is 19.3 Å². The number of ether oxygens (including phenoxy) is 1. The highest BCUT2D eigenvalue weighted by molar-refractivity contribution is 6.21. The lowest BCUT2D eigenvalue weighted by atomic mass is 10.1. The highest BCUT2D eigenvalue weighted by Gasteiger charge is 2.35. The third-order valence-electron chi connectivity index (χ3n) is 4.54. The summed E-state index contributed by atoms with van der Waals surface area (Å²) in [4.78, 5) is 38.9. The van der Waals surface area contributed by atoms with E-state index in [1.165, 1.54) is 4.90 Å². The van der Waals surface area contributed by atoms with Gasteiger partial charge in [0.15, 0.2) is 0 Å². The molecule has 0 spiro atoms.